The molecule has 174 valence electrons. The lowest BCUT2D eigenvalue weighted by Gasteiger charge is -2.29. The second-order valence-electron chi connectivity index (χ2n) is 8.83. The van der Waals surface area contributed by atoms with Gasteiger partial charge in [-0.15, -0.1) is 0 Å². The molecule has 1 aliphatic carbocycles. The van der Waals surface area contributed by atoms with E-state index in [9.17, 15) is 15.2 Å². The Hall–Kier alpha value is -4.25. The molecule has 0 radical (unpaired) electrons. The largest absolute Gasteiger partial charge is 0.507 e. The number of nitriles is 1. The van der Waals surface area contributed by atoms with Crippen molar-refractivity contribution in [3.05, 3.63) is 54.1 Å². The molecule has 0 unspecified atom stereocenters. The fourth-order valence-corrected chi connectivity index (χ4v) is 4.11. The molecule has 1 amide bonds. The van der Waals surface area contributed by atoms with Crippen LogP contribution in [0.1, 0.15) is 18.4 Å². The number of nitrogens with zero attached hydrogens (tertiary/aromatic N) is 4. The van der Waals surface area contributed by atoms with E-state index in [2.05, 4.69) is 11.1 Å². The molecule has 5 N–H and O–H groups in total. The van der Waals surface area contributed by atoms with Gasteiger partial charge in [0.25, 0.3) is 0 Å². The third-order valence-electron chi connectivity index (χ3n) is 5.97. The first-order valence-electron chi connectivity index (χ1n) is 11.1. The van der Waals surface area contributed by atoms with Crippen LogP contribution in [0.4, 0.5) is 17.2 Å². The van der Waals surface area contributed by atoms with Crippen molar-refractivity contribution in [2.24, 2.45) is 11.7 Å². The lowest BCUT2D eigenvalue weighted by molar-refractivity contribution is -0.116. The number of rotatable bonds is 8. The highest BCUT2D eigenvalue weighted by Gasteiger charge is 2.27. The number of amides is 1. The third kappa shape index (κ3) is 4.74. The summed E-state index contributed by atoms with van der Waals surface area (Å²) >= 11 is 0. The first-order valence-corrected chi connectivity index (χ1v) is 11.1. The molecule has 1 aliphatic rings. The number of carbonyl (C=O) groups is 1. The fourth-order valence-electron chi connectivity index (χ4n) is 4.11. The van der Waals surface area contributed by atoms with E-state index in [0.29, 0.717) is 22.7 Å². The molecular weight excluding hydrogens is 428 g/mol. The van der Waals surface area contributed by atoms with Gasteiger partial charge >= 0.3 is 0 Å². The number of anilines is 3. The van der Waals surface area contributed by atoms with Crippen LogP contribution < -0.4 is 21.3 Å². The Balaban J connectivity index is 1.88. The zero-order chi connectivity index (χ0) is 24.4. The number of para-hydroxylation sites is 1. The number of phenols is 1. The second kappa shape index (κ2) is 9.32. The standard InChI is InChI=1S/C26H28N6O2/c1-31(2)22-10-9-17(11-23(22)32(15-25(28)34)14-16-7-8-16)19-12-21(30-26(29)20(19)13-27)18-5-3-4-6-24(18)33/h3-6,9-12,16,33H,7-8,14-15H2,1-2H3,(H2,28,34)(H2,29,30). The first kappa shape index (κ1) is 22.9. The normalized spacial score (nSPS) is 12.7. The van der Waals surface area contributed by atoms with Crippen LogP contribution >= 0.6 is 0 Å². The summed E-state index contributed by atoms with van der Waals surface area (Å²) in [5.41, 5.74) is 16.2. The first-order chi connectivity index (χ1) is 16.3. The Labute approximate surface area is 199 Å². The lowest BCUT2D eigenvalue weighted by Crippen LogP contribution is -2.36. The number of pyridine rings is 1. The van der Waals surface area contributed by atoms with Crippen molar-refractivity contribution in [3.8, 4) is 34.2 Å². The summed E-state index contributed by atoms with van der Waals surface area (Å²) in [5.74, 6) is 0.301. The zero-order valence-electron chi connectivity index (χ0n) is 19.3. The van der Waals surface area contributed by atoms with E-state index >= 15 is 0 Å². The number of phenolic OH excluding ortho intramolecular Hbond substituents is 1. The number of aromatic hydroxyl groups is 1. The van der Waals surface area contributed by atoms with Crippen LogP contribution in [-0.4, -0.2) is 43.2 Å². The Morgan fingerprint density at radius 3 is 2.50 bits per heavy atom. The van der Waals surface area contributed by atoms with Gasteiger partial charge in [-0.2, -0.15) is 5.26 Å². The number of hydrogen-bond acceptors (Lipinski definition) is 7. The molecule has 1 aromatic heterocycles. The molecule has 4 rings (SSSR count). The molecule has 0 aliphatic heterocycles. The molecule has 3 aromatic rings. The average molecular weight is 457 g/mol. The number of carbonyl (C=O) groups excluding carboxylic acids is 1. The van der Waals surface area contributed by atoms with Gasteiger partial charge in [0, 0.05) is 31.8 Å². The van der Waals surface area contributed by atoms with Crippen LogP contribution in [0.5, 0.6) is 5.75 Å². The SMILES string of the molecule is CN(C)c1ccc(-c2cc(-c3ccccc3O)nc(N)c2C#N)cc1N(CC(N)=O)CC1CC1. The van der Waals surface area contributed by atoms with Crippen molar-refractivity contribution in [2.45, 2.75) is 12.8 Å². The van der Waals surface area contributed by atoms with Crippen LogP contribution in [0.2, 0.25) is 0 Å². The topological polar surface area (TPSA) is 132 Å². The van der Waals surface area contributed by atoms with E-state index in [-0.39, 0.29) is 23.7 Å². The van der Waals surface area contributed by atoms with E-state index in [0.717, 1.165) is 36.3 Å². The van der Waals surface area contributed by atoms with Crippen molar-refractivity contribution < 1.29 is 9.90 Å². The van der Waals surface area contributed by atoms with Crippen molar-refractivity contribution in [3.63, 3.8) is 0 Å². The molecule has 0 bridgehead atoms. The zero-order valence-corrected chi connectivity index (χ0v) is 19.3. The third-order valence-corrected chi connectivity index (χ3v) is 5.97. The average Bonchev–Trinajstić information content (AvgIpc) is 3.62. The summed E-state index contributed by atoms with van der Waals surface area (Å²) < 4.78 is 0. The van der Waals surface area contributed by atoms with E-state index in [1.807, 2.05) is 42.1 Å². The molecule has 0 spiro atoms. The van der Waals surface area contributed by atoms with Crippen LogP contribution in [0.25, 0.3) is 22.4 Å². The highest BCUT2D eigenvalue weighted by atomic mass is 16.3. The van der Waals surface area contributed by atoms with Gasteiger partial charge in [-0.05, 0) is 54.7 Å². The minimum atomic E-state index is -0.400. The van der Waals surface area contributed by atoms with Gasteiger partial charge < -0.3 is 26.4 Å². The molecule has 2 aromatic carbocycles. The van der Waals surface area contributed by atoms with Gasteiger partial charge in [0.15, 0.2) is 0 Å². The second-order valence-corrected chi connectivity index (χ2v) is 8.83. The van der Waals surface area contributed by atoms with E-state index in [1.54, 1.807) is 30.3 Å². The number of benzene rings is 2. The Bertz CT molecular complexity index is 1280. The quantitative estimate of drug-likeness (QED) is 0.473. The minimum Gasteiger partial charge on any atom is -0.507 e. The lowest BCUT2D eigenvalue weighted by atomic mass is 9.97. The summed E-state index contributed by atoms with van der Waals surface area (Å²) in [4.78, 5) is 20.2. The Morgan fingerprint density at radius 2 is 1.88 bits per heavy atom. The molecular formula is C26H28N6O2. The van der Waals surface area contributed by atoms with E-state index in [1.165, 1.54) is 0 Å². The van der Waals surface area contributed by atoms with E-state index in [4.69, 9.17) is 11.5 Å². The van der Waals surface area contributed by atoms with Crippen molar-refractivity contribution in [1.29, 1.82) is 5.26 Å². The van der Waals surface area contributed by atoms with Gasteiger partial charge in [-0.1, -0.05) is 18.2 Å². The Morgan fingerprint density at radius 1 is 1.15 bits per heavy atom. The summed E-state index contributed by atoms with van der Waals surface area (Å²) in [6, 6.07) is 16.6. The molecule has 1 heterocycles. The number of primary amides is 1. The van der Waals surface area contributed by atoms with Gasteiger partial charge in [0.2, 0.25) is 5.91 Å². The van der Waals surface area contributed by atoms with Crippen LogP contribution in [0.15, 0.2) is 48.5 Å². The predicted octanol–water partition coefficient (Wildman–Crippen LogP) is 3.34. The molecule has 8 nitrogen and oxygen atoms in total. The maximum Gasteiger partial charge on any atom is 0.236 e. The number of nitrogen functional groups attached to an aromatic ring is 1. The maximum absolute atomic E-state index is 11.9. The summed E-state index contributed by atoms with van der Waals surface area (Å²) in [6.45, 7) is 0.841. The van der Waals surface area contributed by atoms with Gasteiger partial charge in [-0.25, -0.2) is 4.98 Å². The van der Waals surface area contributed by atoms with Crippen molar-refractivity contribution >= 4 is 23.1 Å². The molecule has 0 saturated heterocycles. The molecule has 1 fully saturated rings. The van der Waals surface area contributed by atoms with Gasteiger partial charge in [0.1, 0.15) is 23.2 Å². The van der Waals surface area contributed by atoms with Crippen molar-refractivity contribution in [1.82, 2.24) is 4.98 Å². The fraction of sp³-hybridized carbons (Fsp3) is 0.269. The van der Waals surface area contributed by atoms with Crippen LogP contribution in [0.3, 0.4) is 0 Å². The Kier molecular flexibility index (Phi) is 6.28. The smallest absolute Gasteiger partial charge is 0.236 e. The van der Waals surface area contributed by atoms with Crippen LogP contribution in [-0.2, 0) is 4.79 Å². The molecule has 0 atom stereocenters. The highest BCUT2D eigenvalue weighted by molar-refractivity contribution is 5.87. The highest BCUT2D eigenvalue weighted by Crippen LogP contribution is 2.40. The number of aromatic nitrogens is 1. The number of nitrogens with two attached hydrogens (primary N) is 2. The van der Waals surface area contributed by atoms with Gasteiger partial charge in [0.05, 0.1) is 23.6 Å². The maximum atomic E-state index is 11.9. The van der Waals surface area contributed by atoms with Crippen molar-refractivity contribution in [2.75, 3.05) is 42.7 Å². The van der Waals surface area contributed by atoms with Gasteiger partial charge in [-0.3, -0.25) is 4.79 Å². The summed E-state index contributed by atoms with van der Waals surface area (Å²) in [6.07, 6.45) is 2.27. The van der Waals surface area contributed by atoms with Crippen LogP contribution in [0, 0.1) is 17.2 Å². The number of hydrogen-bond donors (Lipinski definition) is 3. The summed E-state index contributed by atoms with van der Waals surface area (Å²) in [7, 11) is 3.89. The predicted molar refractivity (Wildman–Crippen MR) is 134 cm³/mol. The monoisotopic (exact) mass is 456 g/mol. The summed E-state index contributed by atoms with van der Waals surface area (Å²) in [5, 5.41) is 20.2. The molecule has 8 heteroatoms. The molecule has 1 saturated carbocycles. The molecule has 34 heavy (non-hydrogen) atoms. The minimum absolute atomic E-state index is 0.0748. The van der Waals surface area contributed by atoms with E-state index < -0.39 is 5.91 Å².